The van der Waals surface area contributed by atoms with E-state index in [1.54, 1.807) is 0 Å². The molecular formula is C14H22O5. The Morgan fingerprint density at radius 1 is 1.37 bits per heavy atom. The van der Waals surface area contributed by atoms with Gasteiger partial charge in [-0.25, -0.2) is 0 Å². The van der Waals surface area contributed by atoms with E-state index < -0.39 is 11.6 Å². The summed E-state index contributed by atoms with van der Waals surface area (Å²) in [6, 6.07) is 0. The molecule has 0 amide bonds. The second-order valence-corrected chi connectivity index (χ2v) is 6.70. The fraction of sp³-hybridized carbons (Fsp3) is 0.857. The minimum Gasteiger partial charge on any atom is -0.481 e. The Bertz CT molecular complexity index is 376. The van der Waals surface area contributed by atoms with Gasteiger partial charge in [0.25, 0.3) is 0 Å². The topological polar surface area (TPSA) is 72.8 Å². The molecule has 1 unspecified atom stereocenters. The molecule has 2 rings (SSSR count). The number of rotatable bonds is 3. The molecule has 1 N–H and O–H groups in total. The number of carboxylic acid groups (broad SMARTS) is 1. The third-order valence-corrected chi connectivity index (χ3v) is 3.72. The molecule has 0 aromatic heterocycles. The molecule has 108 valence electrons. The van der Waals surface area contributed by atoms with Gasteiger partial charge in [-0.05, 0) is 46.5 Å². The third-order valence-electron chi connectivity index (χ3n) is 3.72. The molecule has 1 spiro atoms. The number of carbonyl (C=O) groups excluding carboxylic acids is 1. The number of ether oxygens (including phenoxy) is 2. The minimum absolute atomic E-state index is 0.0544. The summed E-state index contributed by atoms with van der Waals surface area (Å²) in [5, 5.41) is 8.75. The average molecular weight is 270 g/mol. The summed E-state index contributed by atoms with van der Waals surface area (Å²) in [5.74, 6) is -1.09. The summed E-state index contributed by atoms with van der Waals surface area (Å²) in [7, 11) is 0. The van der Waals surface area contributed by atoms with Crippen molar-refractivity contribution in [2.45, 2.75) is 70.2 Å². The van der Waals surface area contributed by atoms with E-state index >= 15 is 0 Å². The zero-order chi connectivity index (χ0) is 14.3. The summed E-state index contributed by atoms with van der Waals surface area (Å²) in [5.41, 5.74) is -0.718. The second kappa shape index (κ2) is 4.78. The number of hydrogen-bond donors (Lipinski definition) is 1. The molecule has 1 aliphatic heterocycles. The first-order chi connectivity index (χ1) is 8.69. The van der Waals surface area contributed by atoms with E-state index in [1.807, 2.05) is 20.8 Å². The van der Waals surface area contributed by atoms with Gasteiger partial charge in [-0.15, -0.1) is 0 Å². The van der Waals surface area contributed by atoms with Gasteiger partial charge in [-0.1, -0.05) is 0 Å². The van der Waals surface area contributed by atoms with Gasteiger partial charge < -0.3 is 14.6 Å². The maximum atomic E-state index is 11.9. The van der Waals surface area contributed by atoms with Crippen LogP contribution in [0.15, 0.2) is 0 Å². The highest BCUT2D eigenvalue weighted by Gasteiger charge is 2.53. The molecule has 2 fully saturated rings. The predicted octanol–water partition coefficient (Wildman–Crippen LogP) is 2.13. The van der Waals surface area contributed by atoms with Gasteiger partial charge in [0.05, 0.1) is 24.0 Å². The molecular weight excluding hydrogens is 248 g/mol. The quantitative estimate of drug-likeness (QED) is 0.795. The summed E-state index contributed by atoms with van der Waals surface area (Å²) in [6.45, 7) is 5.57. The van der Waals surface area contributed by atoms with Gasteiger partial charge in [0, 0.05) is 0 Å². The zero-order valence-corrected chi connectivity index (χ0v) is 11.8. The van der Waals surface area contributed by atoms with Crippen LogP contribution < -0.4 is 0 Å². The first-order valence-corrected chi connectivity index (χ1v) is 6.82. The first kappa shape index (κ1) is 14.3. The molecule has 1 aliphatic carbocycles. The number of aliphatic carboxylic acids is 1. The van der Waals surface area contributed by atoms with Gasteiger partial charge in [0.1, 0.15) is 5.60 Å². The third kappa shape index (κ3) is 3.47. The van der Waals surface area contributed by atoms with Crippen LogP contribution in [0.5, 0.6) is 0 Å². The summed E-state index contributed by atoms with van der Waals surface area (Å²) < 4.78 is 11.2. The van der Waals surface area contributed by atoms with Crippen molar-refractivity contribution < 1.29 is 24.2 Å². The van der Waals surface area contributed by atoms with Gasteiger partial charge in [-0.3, -0.25) is 9.59 Å². The van der Waals surface area contributed by atoms with Crippen LogP contribution in [0.25, 0.3) is 0 Å². The van der Waals surface area contributed by atoms with Crippen molar-refractivity contribution >= 4 is 11.9 Å². The lowest BCUT2D eigenvalue weighted by Crippen LogP contribution is -2.48. The molecule has 2 aliphatic rings. The number of esters is 1. The largest absolute Gasteiger partial charge is 0.481 e. The lowest BCUT2D eigenvalue weighted by atomic mass is 9.69. The molecule has 1 saturated heterocycles. The smallest absolute Gasteiger partial charge is 0.309 e. The summed E-state index contributed by atoms with van der Waals surface area (Å²) >= 11 is 0. The van der Waals surface area contributed by atoms with Gasteiger partial charge in [-0.2, -0.15) is 0 Å². The lowest BCUT2D eigenvalue weighted by Gasteiger charge is -2.44. The van der Waals surface area contributed by atoms with Crippen molar-refractivity contribution in [2.24, 2.45) is 5.92 Å². The van der Waals surface area contributed by atoms with Crippen molar-refractivity contribution in [1.82, 2.24) is 0 Å². The van der Waals surface area contributed by atoms with Gasteiger partial charge >= 0.3 is 11.9 Å². The molecule has 1 heterocycles. The van der Waals surface area contributed by atoms with E-state index in [2.05, 4.69) is 0 Å². The molecule has 0 aromatic rings. The van der Waals surface area contributed by atoms with Crippen LogP contribution in [-0.4, -0.2) is 34.4 Å². The van der Waals surface area contributed by atoms with E-state index in [4.69, 9.17) is 14.6 Å². The number of hydrogen-bond acceptors (Lipinski definition) is 4. The highest BCUT2D eigenvalue weighted by atomic mass is 16.6. The monoisotopic (exact) mass is 270 g/mol. The van der Waals surface area contributed by atoms with Crippen molar-refractivity contribution in [3.63, 3.8) is 0 Å². The van der Waals surface area contributed by atoms with E-state index in [0.717, 1.165) is 12.8 Å². The van der Waals surface area contributed by atoms with E-state index in [1.165, 1.54) is 0 Å². The van der Waals surface area contributed by atoms with E-state index in [0.29, 0.717) is 12.8 Å². The van der Waals surface area contributed by atoms with E-state index in [-0.39, 0.29) is 30.0 Å². The molecule has 1 saturated carbocycles. The lowest BCUT2D eigenvalue weighted by molar-refractivity contribution is -0.182. The van der Waals surface area contributed by atoms with Crippen LogP contribution in [0.3, 0.4) is 0 Å². The molecule has 0 radical (unpaired) electrons. The Kier molecular flexibility index (Phi) is 3.60. The summed E-state index contributed by atoms with van der Waals surface area (Å²) in [4.78, 5) is 22.5. The van der Waals surface area contributed by atoms with Crippen molar-refractivity contribution in [3.05, 3.63) is 0 Å². The molecule has 5 nitrogen and oxygen atoms in total. The van der Waals surface area contributed by atoms with Crippen LogP contribution in [0.2, 0.25) is 0 Å². The fourth-order valence-corrected chi connectivity index (χ4v) is 2.92. The van der Waals surface area contributed by atoms with Crippen LogP contribution in [0.4, 0.5) is 0 Å². The Morgan fingerprint density at radius 2 is 2.00 bits per heavy atom. The van der Waals surface area contributed by atoms with Gasteiger partial charge in [0.2, 0.25) is 0 Å². The second-order valence-electron chi connectivity index (χ2n) is 6.70. The Morgan fingerprint density at radius 3 is 2.53 bits per heavy atom. The number of carboxylic acids is 1. The Labute approximate surface area is 113 Å². The molecule has 19 heavy (non-hydrogen) atoms. The van der Waals surface area contributed by atoms with Crippen LogP contribution in [0.1, 0.15) is 52.9 Å². The number of carbonyl (C=O) groups is 2. The maximum absolute atomic E-state index is 11.9. The van der Waals surface area contributed by atoms with Gasteiger partial charge in [0.15, 0.2) is 0 Å². The van der Waals surface area contributed by atoms with Crippen LogP contribution >= 0.6 is 0 Å². The zero-order valence-electron chi connectivity index (χ0n) is 11.8. The molecule has 0 bridgehead atoms. The highest BCUT2D eigenvalue weighted by molar-refractivity contribution is 5.74. The van der Waals surface area contributed by atoms with Crippen molar-refractivity contribution in [3.8, 4) is 0 Å². The first-order valence-electron chi connectivity index (χ1n) is 6.82. The SMILES string of the molecule is CC(C)(C)OC(=O)C1CC2(CCC(CC(=O)O)O2)C1. The fourth-order valence-electron chi connectivity index (χ4n) is 2.92. The highest BCUT2D eigenvalue weighted by Crippen LogP contribution is 2.50. The minimum atomic E-state index is -0.829. The van der Waals surface area contributed by atoms with Crippen molar-refractivity contribution in [2.75, 3.05) is 0 Å². The molecule has 5 heteroatoms. The normalized spacial score (nSPS) is 34.1. The molecule has 0 aromatic carbocycles. The average Bonchev–Trinajstić information content (AvgIpc) is 2.55. The Hall–Kier alpha value is -1.10. The van der Waals surface area contributed by atoms with Crippen molar-refractivity contribution in [1.29, 1.82) is 0 Å². The van der Waals surface area contributed by atoms with Crippen LogP contribution in [-0.2, 0) is 19.1 Å². The van der Waals surface area contributed by atoms with Crippen LogP contribution in [0, 0.1) is 5.92 Å². The maximum Gasteiger partial charge on any atom is 0.309 e. The van der Waals surface area contributed by atoms with E-state index in [9.17, 15) is 9.59 Å². The summed E-state index contributed by atoms with van der Waals surface area (Å²) in [6.07, 6.45) is 2.81. The molecule has 1 atom stereocenters. The standard InChI is InChI=1S/C14H22O5/c1-13(2,3)19-12(17)9-7-14(8-9)5-4-10(18-14)6-11(15)16/h9-10H,4-8H2,1-3H3,(H,15,16). The Balaban J connectivity index is 1.80. The predicted molar refractivity (Wildman–Crippen MR) is 67.7 cm³/mol.